The number of carbonyl (C=O) groups is 4. The molecule has 8 nitrogen and oxygen atoms in total. The smallest absolute Gasteiger partial charge is 0.328 e. The summed E-state index contributed by atoms with van der Waals surface area (Å²) in [6.07, 6.45) is 0.619. The van der Waals surface area contributed by atoms with E-state index in [1.165, 1.54) is 25.0 Å². The number of carbonyl (C=O) groups excluding carboxylic acids is 4. The van der Waals surface area contributed by atoms with Crippen LogP contribution in [0.4, 0.5) is 10.1 Å². The third-order valence-corrected chi connectivity index (χ3v) is 4.92. The van der Waals surface area contributed by atoms with E-state index in [-0.39, 0.29) is 23.7 Å². The van der Waals surface area contributed by atoms with E-state index < -0.39 is 29.6 Å². The zero-order valence-corrected chi connectivity index (χ0v) is 17.1. The van der Waals surface area contributed by atoms with Crippen molar-refractivity contribution < 1.29 is 28.3 Å². The van der Waals surface area contributed by atoms with Crippen LogP contribution in [0.1, 0.15) is 33.2 Å². The number of anilines is 1. The van der Waals surface area contributed by atoms with E-state index >= 15 is 0 Å². The zero-order chi connectivity index (χ0) is 22.5. The molecule has 2 aromatic carbocycles. The number of ether oxygens (including phenoxy) is 1. The lowest BCUT2D eigenvalue weighted by Crippen LogP contribution is -2.42. The van der Waals surface area contributed by atoms with E-state index in [0.717, 1.165) is 17.7 Å². The highest BCUT2D eigenvalue weighted by Gasteiger charge is 2.26. The molecule has 31 heavy (non-hydrogen) atoms. The molecule has 0 aliphatic carbocycles. The Morgan fingerprint density at radius 1 is 1.19 bits per heavy atom. The third kappa shape index (κ3) is 5.06. The van der Waals surface area contributed by atoms with Crippen LogP contribution in [0, 0.1) is 5.82 Å². The first-order chi connectivity index (χ1) is 14.8. The van der Waals surface area contributed by atoms with Crippen molar-refractivity contribution >= 4 is 29.4 Å². The molecule has 9 heteroatoms. The van der Waals surface area contributed by atoms with Gasteiger partial charge in [-0.2, -0.15) is 0 Å². The van der Waals surface area contributed by atoms with Crippen LogP contribution >= 0.6 is 0 Å². The third-order valence-electron chi connectivity index (χ3n) is 4.92. The molecule has 1 aliphatic rings. The monoisotopic (exact) mass is 427 g/mol. The van der Waals surface area contributed by atoms with Crippen molar-refractivity contribution in [2.75, 3.05) is 25.5 Å². The van der Waals surface area contributed by atoms with Gasteiger partial charge in [0.1, 0.15) is 18.4 Å². The molecule has 1 heterocycles. The Morgan fingerprint density at radius 2 is 1.94 bits per heavy atom. The van der Waals surface area contributed by atoms with E-state index in [2.05, 4.69) is 15.4 Å². The van der Waals surface area contributed by atoms with Crippen molar-refractivity contribution in [3.8, 4) is 0 Å². The maximum absolute atomic E-state index is 13.8. The highest BCUT2D eigenvalue weighted by molar-refractivity contribution is 6.06. The second kappa shape index (κ2) is 9.38. The summed E-state index contributed by atoms with van der Waals surface area (Å²) >= 11 is 0. The van der Waals surface area contributed by atoms with Crippen molar-refractivity contribution in [1.82, 2.24) is 10.2 Å². The molecule has 0 bridgehead atoms. The molecular formula is C22H22FN3O5. The van der Waals surface area contributed by atoms with E-state index in [1.807, 2.05) is 12.1 Å². The van der Waals surface area contributed by atoms with Gasteiger partial charge in [-0.1, -0.05) is 18.2 Å². The van der Waals surface area contributed by atoms with Crippen molar-refractivity contribution in [3.63, 3.8) is 0 Å². The first-order valence-electron chi connectivity index (χ1n) is 9.65. The van der Waals surface area contributed by atoms with E-state index in [0.29, 0.717) is 18.5 Å². The Morgan fingerprint density at radius 3 is 2.68 bits per heavy atom. The number of amides is 3. The molecule has 1 aliphatic heterocycles. The Kier molecular flexibility index (Phi) is 6.64. The first-order valence-corrected chi connectivity index (χ1v) is 9.65. The number of benzene rings is 2. The fourth-order valence-electron chi connectivity index (χ4n) is 3.32. The molecule has 162 valence electrons. The van der Waals surface area contributed by atoms with Crippen LogP contribution in [-0.4, -0.2) is 54.8 Å². The average Bonchev–Trinajstić information content (AvgIpc) is 2.75. The van der Waals surface area contributed by atoms with Crippen LogP contribution in [0.25, 0.3) is 0 Å². The Balaban J connectivity index is 1.71. The molecule has 0 radical (unpaired) electrons. The van der Waals surface area contributed by atoms with Crippen LogP contribution in [0.5, 0.6) is 0 Å². The SMILES string of the molecule is COC(=O)C(C)NC(=O)c1ccc(F)cc1NC(=O)CN1CCc2ccccc2C1=O. The molecular weight excluding hydrogens is 405 g/mol. The predicted molar refractivity (Wildman–Crippen MR) is 110 cm³/mol. The van der Waals surface area contributed by atoms with Gasteiger partial charge in [-0.3, -0.25) is 14.4 Å². The molecule has 2 N–H and O–H groups in total. The molecule has 0 saturated carbocycles. The van der Waals surface area contributed by atoms with E-state index in [4.69, 9.17) is 0 Å². The summed E-state index contributed by atoms with van der Waals surface area (Å²) in [5.41, 5.74) is 1.38. The Labute approximate surface area is 178 Å². The van der Waals surface area contributed by atoms with Gasteiger partial charge in [-0.05, 0) is 43.2 Å². The molecule has 3 amide bonds. The lowest BCUT2D eigenvalue weighted by molar-refractivity contribution is -0.142. The van der Waals surface area contributed by atoms with Crippen molar-refractivity contribution in [1.29, 1.82) is 0 Å². The minimum Gasteiger partial charge on any atom is -0.467 e. The molecule has 0 saturated heterocycles. The Bertz CT molecular complexity index is 1040. The van der Waals surface area contributed by atoms with Crippen LogP contribution in [0.2, 0.25) is 0 Å². The highest BCUT2D eigenvalue weighted by Crippen LogP contribution is 2.20. The van der Waals surface area contributed by atoms with Gasteiger partial charge in [0.05, 0.1) is 18.4 Å². The average molecular weight is 427 g/mol. The van der Waals surface area contributed by atoms with E-state index in [9.17, 15) is 23.6 Å². The van der Waals surface area contributed by atoms with Crippen LogP contribution in [0.15, 0.2) is 42.5 Å². The zero-order valence-electron chi connectivity index (χ0n) is 17.1. The number of nitrogens with one attached hydrogen (secondary N) is 2. The van der Waals surface area contributed by atoms with E-state index in [1.54, 1.807) is 12.1 Å². The van der Waals surface area contributed by atoms with Gasteiger partial charge in [0.15, 0.2) is 0 Å². The topological polar surface area (TPSA) is 105 Å². The first kappa shape index (κ1) is 21.9. The quantitative estimate of drug-likeness (QED) is 0.684. The number of hydrogen-bond donors (Lipinski definition) is 2. The molecule has 3 rings (SSSR count). The Hall–Kier alpha value is -3.75. The molecule has 2 aromatic rings. The van der Waals surface area contributed by atoms with Crippen LogP contribution in [-0.2, 0) is 20.7 Å². The van der Waals surface area contributed by atoms with Crippen molar-refractivity contribution in [3.05, 3.63) is 65.0 Å². The second-order valence-corrected chi connectivity index (χ2v) is 7.09. The second-order valence-electron chi connectivity index (χ2n) is 7.09. The maximum Gasteiger partial charge on any atom is 0.328 e. The standard InChI is InChI=1S/C22H22FN3O5/c1-13(22(30)31-2)24-20(28)17-8-7-15(23)11-18(17)25-19(27)12-26-10-9-14-5-3-4-6-16(14)21(26)29/h3-8,11,13H,9-10,12H2,1-2H3,(H,24,28)(H,25,27). The summed E-state index contributed by atoms with van der Waals surface area (Å²) < 4.78 is 18.3. The van der Waals surface area contributed by atoms with Gasteiger partial charge < -0.3 is 20.3 Å². The molecule has 0 aromatic heterocycles. The molecule has 0 spiro atoms. The van der Waals surface area contributed by atoms with Crippen molar-refractivity contribution in [2.45, 2.75) is 19.4 Å². The number of esters is 1. The summed E-state index contributed by atoms with van der Waals surface area (Å²) in [5, 5.41) is 4.92. The normalized spacial score (nSPS) is 13.8. The fraction of sp³-hybridized carbons (Fsp3) is 0.273. The predicted octanol–water partition coefficient (Wildman–Crippen LogP) is 1.75. The molecule has 1 atom stereocenters. The number of rotatable bonds is 6. The molecule has 0 fully saturated rings. The van der Waals surface area contributed by atoms with Gasteiger partial charge in [-0.15, -0.1) is 0 Å². The highest BCUT2D eigenvalue weighted by atomic mass is 19.1. The fourth-order valence-corrected chi connectivity index (χ4v) is 3.32. The number of halogens is 1. The minimum atomic E-state index is -0.933. The maximum atomic E-state index is 13.8. The number of hydrogen-bond acceptors (Lipinski definition) is 5. The van der Waals surface area contributed by atoms with Crippen molar-refractivity contribution in [2.24, 2.45) is 0 Å². The van der Waals surface area contributed by atoms with Crippen LogP contribution < -0.4 is 10.6 Å². The number of fused-ring (bicyclic) bond motifs is 1. The molecule has 1 unspecified atom stereocenters. The summed E-state index contributed by atoms with van der Waals surface area (Å²) in [5.74, 6) is -2.83. The summed E-state index contributed by atoms with van der Waals surface area (Å²) in [7, 11) is 1.19. The lowest BCUT2D eigenvalue weighted by atomic mass is 9.99. The summed E-state index contributed by atoms with van der Waals surface area (Å²) in [6.45, 7) is 1.56. The minimum absolute atomic E-state index is 0.0270. The van der Waals surface area contributed by atoms with Crippen LogP contribution in [0.3, 0.4) is 0 Å². The summed E-state index contributed by atoms with van der Waals surface area (Å²) in [4.78, 5) is 50.6. The van der Waals surface area contributed by atoms with Gasteiger partial charge >= 0.3 is 5.97 Å². The van der Waals surface area contributed by atoms with Gasteiger partial charge in [0, 0.05) is 12.1 Å². The van der Waals surface area contributed by atoms with Gasteiger partial charge in [0.25, 0.3) is 11.8 Å². The van der Waals surface area contributed by atoms with Gasteiger partial charge in [-0.25, -0.2) is 9.18 Å². The van der Waals surface area contributed by atoms with Gasteiger partial charge in [0.2, 0.25) is 5.91 Å². The lowest BCUT2D eigenvalue weighted by Gasteiger charge is -2.28. The summed E-state index contributed by atoms with van der Waals surface area (Å²) in [6, 6.07) is 9.53. The number of methoxy groups -OCH3 is 1. The largest absolute Gasteiger partial charge is 0.467 e. The number of nitrogens with zero attached hydrogens (tertiary/aromatic N) is 1.